The van der Waals surface area contributed by atoms with Gasteiger partial charge in [-0.2, -0.15) is 0 Å². The van der Waals surface area contributed by atoms with Gasteiger partial charge in [-0.15, -0.1) is 0 Å². The van der Waals surface area contributed by atoms with Crippen LogP contribution in [0.2, 0.25) is 10.0 Å². The van der Waals surface area contributed by atoms with Crippen LogP contribution in [0, 0.1) is 5.92 Å². The zero-order valence-corrected chi connectivity index (χ0v) is 13.3. The molecule has 1 N–H and O–H groups in total. The summed E-state index contributed by atoms with van der Waals surface area (Å²) in [5, 5.41) is 9.91. The van der Waals surface area contributed by atoms with Crippen molar-refractivity contribution in [3.8, 4) is 0 Å². The van der Waals surface area contributed by atoms with Crippen molar-refractivity contribution < 1.29 is 13.5 Å². The van der Waals surface area contributed by atoms with Gasteiger partial charge in [0.25, 0.3) is 0 Å². The predicted molar refractivity (Wildman–Crippen MR) is 80.5 cm³/mol. The largest absolute Gasteiger partial charge is 0.396 e. The van der Waals surface area contributed by atoms with Crippen LogP contribution < -0.4 is 0 Å². The number of nitrogens with zero attached hydrogens (tertiary/aromatic N) is 1. The molecule has 1 heterocycles. The van der Waals surface area contributed by atoms with Crippen LogP contribution in [0.4, 0.5) is 0 Å². The van der Waals surface area contributed by atoms with E-state index in [1.807, 2.05) is 0 Å². The van der Waals surface area contributed by atoms with E-state index in [2.05, 4.69) is 0 Å². The normalized spacial score (nSPS) is 21.1. The number of aliphatic hydroxyl groups excluding tert-OH is 1. The Hall–Kier alpha value is -0.330. The molecule has 1 aliphatic rings. The predicted octanol–water partition coefficient (Wildman–Crippen LogP) is 2.53. The molecule has 7 heteroatoms. The maximum Gasteiger partial charge on any atom is 0.218 e. The average molecular weight is 338 g/mol. The van der Waals surface area contributed by atoms with Gasteiger partial charge in [0.1, 0.15) is 0 Å². The van der Waals surface area contributed by atoms with Crippen LogP contribution in [0.5, 0.6) is 0 Å². The molecule has 0 aromatic heterocycles. The Morgan fingerprint density at radius 2 is 1.95 bits per heavy atom. The molecule has 1 aliphatic heterocycles. The summed E-state index contributed by atoms with van der Waals surface area (Å²) in [7, 11) is -3.47. The first-order valence-corrected chi connectivity index (χ1v) is 8.82. The fourth-order valence-electron chi connectivity index (χ4n) is 2.37. The highest BCUT2D eigenvalue weighted by molar-refractivity contribution is 7.88. The monoisotopic (exact) mass is 337 g/mol. The Labute approximate surface area is 129 Å². The molecule has 0 saturated carbocycles. The van der Waals surface area contributed by atoms with E-state index >= 15 is 0 Å². The van der Waals surface area contributed by atoms with Crippen molar-refractivity contribution >= 4 is 33.2 Å². The first-order valence-electron chi connectivity index (χ1n) is 6.45. The number of piperidine rings is 1. The lowest BCUT2D eigenvalue weighted by Crippen LogP contribution is -2.41. The molecular weight excluding hydrogens is 321 g/mol. The molecule has 1 unspecified atom stereocenters. The summed E-state index contributed by atoms with van der Waals surface area (Å²) in [6.45, 7) is 0.862. The average Bonchev–Trinajstić information content (AvgIpc) is 2.43. The van der Waals surface area contributed by atoms with Crippen molar-refractivity contribution in [1.82, 2.24) is 4.31 Å². The molecule has 1 fully saturated rings. The Bertz CT molecular complexity index is 557. The van der Waals surface area contributed by atoms with E-state index in [0.717, 1.165) is 12.8 Å². The highest BCUT2D eigenvalue weighted by Gasteiger charge is 2.29. The summed E-state index contributed by atoms with van der Waals surface area (Å²) >= 11 is 12.0. The second-order valence-corrected chi connectivity index (χ2v) is 7.79. The molecule has 0 aliphatic carbocycles. The Morgan fingerprint density at radius 3 is 2.55 bits per heavy atom. The number of aliphatic hydroxyl groups is 1. The van der Waals surface area contributed by atoms with E-state index < -0.39 is 10.0 Å². The molecule has 2 rings (SSSR count). The third kappa shape index (κ3) is 3.65. The molecular formula is C13H17Cl2NO3S. The number of halogens is 2. The fourth-order valence-corrected chi connectivity index (χ4v) is 4.77. The van der Waals surface area contributed by atoms with Crippen molar-refractivity contribution in [1.29, 1.82) is 0 Å². The maximum atomic E-state index is 12.4. The molecule has 0 spiro atoms. The number of rotatable bonds is 4. The summed E-state index contributed by atoms with van der Waals surface area (Å²) in [6.07, 6.45) is 1.62. The standard InChI is InChI=1S/C13H17Cl2NO3S/c14-12-4-1-5-13(15)11(12)9-20(18,19)16-6-2-3-10(7-16)8-17/h1,4-5,10,17H,2-3,6-9H2. The third-order valence-corrected chi connectivity index (χ3v) is 6.00. The number of benzene rings is 1. The van der Waals surface area contributed by atoms with Crippen LogP contribution in [0.3, 0.4) is 0 Å². The molecule has 4 nitrogen and oxygen atoms in total. The molecule has 0 bridgehead atoms. The molecule has 1 atom stereocenters. The van der Waals surface area contributed by atoms with Gasteiger partial charge in [-0.05, 0) is 30.9 Å². The van der Waals surface area contributed by atoms with E-state index in [-0.39, 0.29) is 18.3 Å². The van der Waals surface area contributed by atoms with Gasteiger partial charge in [0.15, 0.2) is 0 Å². The molecule has 0 amide bonds. The number of hydrogen-bond donors (Lipinski definition) is 1. The zero-order chi connectivity index (χ0) is 14.8. The minimum atomic E-state index is -3.47. The zero-order valence-electron chi connectivity index (χ0n) is 10.9. The van der Waals surface area contributed by atoms with Gasteiger partial charge in [-0.25, -0.2) is 12.7 Å². The van der Waals surface area contributed by atoms with E-state index in [1.54, 1.807) is 18.2 Å². The summed E-state index contributed by atoms with van der Waals surface area (Å²) < 4.78 is 26.3. The highest BCUT2D eigenvalue weighted by atomic mass is 35.5. The van der Waals surface area contributed by atoms with Crippen LogP contribution in [-0.2, 0) is 15.8 Å². The van der Waals surface area contributed by atoms with E-state index in [0.29, 0.717) is 28.7 Å². The van der Waals surface area contributed by atoms with Gasteiger partial charge in [0.05, 0.1) is 5.75 Å². The Morgan fingerprint density at radius 1 is 1.30 bits per heavy atom. The minimum Gasteiger partial charge on any atom is -0.396 e. The molecule has 112 valence electrons. The highest BCUT2D eigenvalue weighted by Crippen LogP contribution is 2.28. The molecule has 20 heavy (non-hydrogen) atoms. The van der Waals surface area contributed by atoms with E-state index in [9.17, 15) is 13.5 Å². The first kappa shape index (κ1) is 16.0. The Kier molecular flexibility index (Phi) is 5.31. The number of hydrogen-bond acceptors (Lipinski definition) is 3. The van der Waals surface area contributed by atoms with Gasteiger partial charge >= 0.3 is 0 Å². The lowest BCUT2D eigenvalue weighted by Gasteiger charge is -2.31. The lowest BCUT2D eigenvalue weighted by molar-refractivity contribution is 0.165. The summed E-state index contributed by atoms with van der Waals surface area (Å²) in [6, 6.07) is 4.94. The van der Waals surface area contributed by atoms with Crippen molar-refractivity contribution in [3.05, 3.63) is 33.8 Å². The smallest absolute Gasteiger partial charge is 0.218 e. The third-order valence-electron chi connectivity index (χ3n) is 3.52. The second kappa shape index (κ2) is 6.62. The van der Waals surface area contributed by atoms with Crippen LogP contribution in [0.1, 0.15) is 18.4 Å². The second-order valence-electron chi connectivity index (χ2n) is 5.01. The molecule has 1 aromatic rings. The van der Waals surface area contributed by atoms with Crippen LogP contribution in [-0.4, -0.2) is 37.5 Å². The van der Waals surface area contributed by atoms with Crippen molar-refractivity contribution in [2.75, 3.05) is 19.7 Å². The van der Waals surface area contributed by atoms with Gasteiger partial charge in [-0.1, -0.05) is 29.3 Å². The van der Waals surface area contributed by atoms with Gasteiger partial charge < -0.3 is 5.11 Å². The molecule has 1 saturated heterocycles. The van der Waals surface area contributed by atoms with Gasteiger partial charge in [0, 0.05) is 35.3 Å². The van der Waals surface area contributed by atoms with Gasteiger partial charge in [-0.3, -0.25) is 0 Å². The van der Waals surface area contributed by atoms with Crippen molar-refractivity contribution in [2.45, 2.75) is 18.6 Å². The van der Waals surface area contributed by atoms with Crippen LogP contribution >= 0.6 is 23.2 Å². The van der Waals surface area contributed by atoms with E-state index in [1.165, 1.54) is 4.31 Å². The fraction of sp³-hybridized carbons (Fsp3) is 0.538. The first-order chi connectivity index (χ1) is 9.44. The van der Waals surface area contributed by atoms with Crippen molar-refractivity contribution in [3.63, 3.8) is 0 Å². The van der Waals surface area contributed by atoms with Gasteiger partial charge in [0.2, 0.25) is 10.0 Å². The Balaban J connectivity index is 2.19. The summed E-state index contributed by atoms with van der Waals surface area (Å²) in [5.74, 6) is -0.191. The SMILES string of the molecule is O=S(=O)(Cc1c(Cl)cccc1Cl)N1CCCC(CO)C1. The number of sulfonamides is 1. The molecule has 0 radical (unpaired) electrons. The lowest BCUT2D eigenvalue weighted by atomic mass is 10.0. The minimum absolute atomic E-state index is 0.0128. The summed E-state index contributed by atoms with van der Waals surface area (Å²) in [4.78, 5) is 0. The quantitative estimate of drug-likeness (QED) is 0.918. The summed E-state index contributed by atoms with van der Waals surface area (Å²) in [5.41, 5.74) is 0.432. The molecule has 1 aromatic carbocycles. The topological polar surface area (TPSA) is 57.6 Å². The van der Waals surface area contributed by atoms with Crippen molar-refractivity contribution in [2.24, 2.45) is 5.92 Å². The van der Waals surface area contributed by atoms with Crippen LogP contribution in [0.15, 0.2) is 18.2 Å². The van der Waals surface area contributed by atoms with E-state index in [4.69, 9.17) is 23.2 Å². The maximum absolute atomic E-state index is 12.4. The van der Waals surface area contributed by atoms with Crippen LogP contribution in [0.25, 0.3) is 0 Å².